The van der Waals surface area contributed by atoms with Gasteiger partial charge in [0.1, 0.15) is 35.1 Å². The summed E-state index contributed by atoms with van der Waals surface area (Å²) in [5, 5.41) is 5.35. The molecule has 3 aromatic heterocycles. The van der Waals surface area contributed by atoms with Crippen molar-refractivity contribution in [2.75, 3.05) is 16.4 Å². The van der Waals surface area contributed by atoms with E-state index in [4.69, 9.17) is 5.73 Å². The number of benzene rings is 1. The van der Waals surface area contributed by atoms with Crippen LogP contribution in [0.1, 0.15) is 35.9 Å². The third kappa shape index (κ3) is 3.97. The largest absolute Gasteiger partial charge is 0.383 e. The van der Waals surface area contributed by atoms with Crippen molar-refractivity contribution in [1.82, 2.24) is 19.5 Å². The van der Waals surface area contributed by atoms with Gasteiger partial charge in [0.25, 0.3) is 0 Å². The molecule has 32 heavy (non-hydrogen) atoms. The second-order valence-corrected chi connectivity index (χ2v) is 7.30. The number of carbonyl (C=O) groups excluding carboxylic acids is 2. The third-order valence-corrected chi connectivity index (χ3v) is 4.79. The first-order valence-corrected chi connectivity index (χ1v) is 9.80. The number of anilines is 3. The number of aromatic nitrogens is 4. The monoisotopic (exact) mass is 433 g/mol. The summed E-state index contributed by atoms with van der Waals surface area (Å²) in [6.45, 7) is 3.92. The van der Waals surface area contributed by atoms with Crippen molar-refractivity contribution < 1.29 is 14.0 Å². The first-order valence-electron chi connectivity index (χ1n) is 9.80. The van der Waals surface area contributed by atoms with Gasteiger partial charge < -0.3 is 15.6 Å². The standard InChI is InChI=1S/C22H20FN7O2/c1-12(2)30-10-13(18-20(24)25-11-26-21(18)30)19(31)16-8-5-9-17(27-16)29-22(32)28-15-7-4-3-6-14(15)23/h3-12H,1-2H3,(H2,24,25,26)(H2,27,28,29,32). The number of nitrogens with two attached hydrogens (primary N) is 1. The average Bonchev–Trinajstić information content (AvgIpc) is 3.16. The lowest BCUT2D eigenvalue weighted by Crippen LogP contribution is -2.21. The highest BCUT2D eigenvalue weighted by atomic mass is 19.1. The van der Waals surface area contributed by atoms with Crippen LogP contribution in [0, 0.1) is 5.82 Å². The Labute approximate surface area is 182 Å². The Balaban J connectivity index is 1.62. The van der Waals surface area contributed by atoms with E-state index >= 15 is 0 Å². The molecule has 0 spiro atoms. The van der Waals surface area contributed by atoms with Crippen molar-refractivity contribution in [3.05, 3.63) is 72.1 Å². The molecule has 0 saturated carbocycles. The molecule has 1 aromatic carbocycles. The molecule has 3 heterocycles. The number of nitrogen functional groups attached to an aromatic ring is 1. The number of para-hydroxylation sites is 1. The molecule has 4 rings (SSSR count). The number of nitrogens with one attached hydrogen (secondary N) is 2. The number of halogens is 1. The van der Waals surface area contributed by atoms with Gasteiger partial charge in [-0.25, -0.2) is 24.1 Å². The van der Waals surface area contributed by atoms with Crippen LogP contribution in [-0.4, -0.2) is 31.3 Å². The van der Waals surface area contributed by atoms with E-state index in [1.807, 2.05) is 18.4 Å². The van der Waals surface area contributed by atoms with Crippen molar-refractivity contribution in [2.24, 2.45) is 0 Å². The van der Waals surface area contributed by atoms with Crippen LogP contribution < -0.4 is 16.4 Å². The number of carbonyl (C=O) groups is 2. The van der Waals surface area contributed by atoms with Gasteiger partial charge in [-0.2, -0.15) is 0 Å². The minimum Gasteiger partial charge on any atom is -0.383 e. The predicted molar refractivity (Wildman–Crippen MR) is 119 cm³/mol. The first kappa shape index (κ1) is 20.9. The van der Waals surface area contributed by atoms with Crippen LogP contribution >= 0.6 is 0 Å². The fourth-order valence-electron chi connectivity index (χ4n) is 3.28. The first-order chi connectivity index (χ1) is 15.3. The molecule has 0 bridgehead atoms. The van der Waals surface area contributed by atoms with E-state index in [9.17, 15) is 14.0 Å². The van der Waals surface area contributed by atoms with Crippen LogP contribution in [0.25, 0.3) is 11.0 Å². The zero-order valence-electron chi connectivity index (χ0n) is 17.3. The molecule has 4 N–H and O–H groups in total. The number of hydrogen-bond acceptors (Lipinski definition) is 6. The summed E-state index contributed by atoms with van der Waals surface area (Å²) in [6.07, 6.45) is 3.02. The maximum atomic E-state index is 13.7. The highest BCUT2D eigenvalue weighted by Crippen LogP contribution is 2.28. The van der Waals surface area contributed by atoms with Gasteiger partial charge >= 0.3 is 6.03 Å². The quantitative estimate of drug-likeness (QED) is 0.408. The summed E-state index contributed by atoms with van der Waals surface area (Å²) in [5.41, 5.74) is 7.02. The van der Waals surface area contributed by atoms with E-state index in [0.29, 0.717) is 16.6 Å². The molecule has 0 fully saturated rings. The van der Waals surface area contributed by atoms with Crippen molar-refractivity contribution in [1.29, 1.82) is 0 Å². The summed E-state index contributed by atoms with van der Waals surface area (Å²) >= 11 is 0. The van der Waals surface area contributed by atoms with Crippen molar-refractivity contribution in [3.63, 3.8) is 0 Å². The van der Waals surface area contributed by atoms with Gasteiger partial charge in [-0.3, -0.25) is 10.1 Å². The van der Waals surface area contributed by atoms with Gasteiger partial charge in [0.05, 0.1) is 16.6 Å². The van der Waals surface area contributed by atoms with Crippen molar-refractivity contribution in [3.8, 4) is 0 Å². The van der Waals surface area contributed by atoms with E-state index in [2.05, 4.69) is 25.6 Å². The van der Waals surface area contributed by atoms with E-state index in [1.165, 1.54) is 36.7 Å². The summed E-state index contributed by atoms with van der Waals surface area (Å²) in [6, 6.07) is 9.75. The Morgan fingerprint density at radius 2 is 1.84 bits per heavy atom. The van der Waals surface area contributed by atoms with E-state index in [-0.39, 0.29) is 29.1 Å². The molecule has 0 saturated heterocycles. The number of ketones is 1. The molecule has 0 unspecified atom stereocenters. The highest BCUT2D eigenvalue weighted by molar-refractivity contribution is 6.17. The molecule has 4 aromatic rings. The summed E-state index contributed by atoms with van der Waals surface area (Å²) in [4.78, 5) is 38.0. The van der Waals surface area contributed by atoms with Gasteiger partial charge in [-0.05, 0) is 38.1 Å². The molecular formula is C22H20FN7O2. The average molecular weight is 433 g/mol. The number of nitrogens with zero attached hydrogens (tertiary/aromatic N) is 4. The van der Waals surface area contributed by atoms with Crippen LogP contribution in [0.4, 0.5) is 26.5 Å². The Bertz CT molecular complexity index is 1330. The normalized spacial score (nSPS) is 11.0. The molecule has 0 radical (unpaired) electrons. The maximum absolute atomic E-state index is 13.7. The van der Waals surface area contributed by atoms with Gasteiger partial charge in [0, 0.05) is 12.2 Å². The van der Waals surface area contributed by atoms with Gasteiger partial charge in [-0.15, -0.1) is 0 Å². The molecule has 2 amide bonds. The molecule has 0 atom stereocenters. The Morgan fingerprint density at radius 3 is 2.59 bits per heavy atom. The topological polar surface area (TPSA) is 128 Å². The predicted octanol–water partition coefficient (Wildman–Crippen LogP) is 4.00. The third-order valence-electron chi connectivity index (χ3n) is 4.79. The van der Waals surface area contributed by atoms with Gasteiger partial charge in [0.2, 0.25) is 5.78 Å². The fourth-order valence-corrected chi connectivity index (χ4v) is 3.28. The minimum atomic E-state index is -0.693. The lowest BCUT2D eigenvalue weighted by molar-refractivity contribution is 0.103. The minimum absolute atomic E-state index is 0.0224. The summed E-state index contributed by atoms with van der Waals surface area (Å²) in [7, 11) is 0. The Morgan fingerprint density at radius 1 is 1.06 bits per heavy atom. The molecule has 0 aliphatic rings. The van der Waals surface area contributed by atoms with E-state index in [1.54, 1.807) is 18.3 Å². The molecule has 10 heteroatoms. The fraction of sp³-hybridized carbons (Fsp3) is 0.136. The van der Waals surface area contributed by atoms with Crippen molar-refractivity contribution >= 4 is 40.2 Å². The lowest BCUT2D eigenvalue weighted by Gasteiger charge is -2.08. The number of pyridine rings is 1. The van der Waals surface area contributed by atoms with Crippen molar-refractivity contribution in [2.45, 2.75) is 19.9 Å². The number of fused-ring (bicyclic) bond motifs is 1. The molecule has 9 nitrogen and oxygen atoms in total. The van der Waals surface area contributed by atoms with Crippen LogP contribution in [0.15, 0.2) is 55.0 Å². The molecular weight excluding hydrogens is 413 g/mol. The zero-order chi connectivity index (χ0) is 22.8. The second kappa shape index (κ2) is 8.42. The number of hydrogen-bond donors (Lipinski definition) is 3. The molecule has 0 aliphatic heterocycles. The van der Waals surface area contributed by atoms with Crippen LogP contribution in [0.2, 0.25) is 0 Å². The summed E-state index contributed by atoms with van der Waals surface area (Å²) in [5.74, 6) is -0.646. The SMILES string of the molecule is CC(C)n1cc(C(=O)c2cccc(NC(=O)Nc3ccccc3F)n2)c2c(N)ncnc21. The zero-order valence-corrected chi connectivity index (χ0v) is 17.3. The number of amides is 2. The van der Waals surface area contributed by atoms with E-state index < -0.39 is 17.6 Å². The lowest BCUT2D eigenvalue weighted by atomic mass is 10.1. The van der Waals surface area contributed by atoms with Gasteiger partial charge in [0.15, 0.2) is 0 Å². The second-order valence-electron chi connectivity index (χ2n) is 7.30. The van der Waals surface area contributed by atoms with Crippen LogP contribution in [-0.2, 0) is 0 Å². The molecule has 0 aliphatic carbocycles. The van der Waals surface area contributed by atoms with Crippen LogP contribution in [0.3, 0.4) is 0 Å². The Hall–Kier alpha value is -4.34. The number of rotatable bonds is 5. The maximum Gasteiger partial charge on any atom is 0.324 e. The summed E-state index contributed by atoms with van der Waals surface area (Å²) < 4.78 is 15.6. The van der Waals surface area contributed by atoms with Gasteiger partial charge in [-0.1, -0.05) is 18.2 Å². The molecule has 162 valence electrons. The van der Waals surface area contributed by atoms with Crippen LogP contribution in [0.5, 0.6) is 0 Å². The highest BCUT2D eigenvalue weighted by Gasteiger charge is 2.22. The Kier molecular flexibility index (Phi) is 5.50. The smallest absolute Gasteiger partial charge is 0.324 e. The number of urea groups is 1. The van der Waals surface area contributed by atoms with E-state index in [0.717, 1.165) is 0 Å².